The minimum Gasteiger partial charge on any atom is -0.569 e. The van der Waals surface area contributed by atoms with Crippen molar-refractivity contribution in [3.63, 3.8) is 0 Å². The molecule has 0 radical (unpaired) electrons. The normalized spacial score (nSPS) is 27.4. The summed E-state index contributed by atoms with van der Waals surface area (Å²) in [4.78, 5) is 16.5. The van der Waals surface area contributed by atoms with Crippen LogP contribution in [0, 0.1) is 11.1 Å². The standard InChI is InChI=1S/C12H23N3O5/c1-12(2,3)14(4)15(18)13-20-10-7-8(11(16)17)6-9(10)19-5/h8-10H,6-7H2,1-5H3,(H,16,17)/b15-13-. The maximum atomic E-state index is 11.8. The van der Waals surface area contributed by atoms with Crippen molar-refractivity contribution in [3.8, 4) is 0 Å². The van der Waals surface area contributed by atoms with Crippen molar-refractivity contribution in [3.05, 3.63) is 5.21 Å². The van der Waals surface area contributed by atoms with E-state index in [-0.39, 0.29) is 12.5 Å². The molecular weight excluding hydrogens is 266 g/mol. The lowest BCUT2D eigenvalue weighted by molar-refractivity contribution is -0.720. The summed E-state index contributed by atoms with van der Waals surface area (Å²) >= 11 is 0. The van der Waals surface area contributed by atoms with Crippen molar-refractivity contribution >= 4 is 5.97 Å². The van der Waals surface area contributed by atoms with E-state index in [1.165, 1.54) is 12.1 Å². The molecule has 1 rings (SSSR count). The molecule has 8 heteroatoms. The van der Waals surface area contributed by atoms with E-state index >= 15 is 0 Å². The van der Waals surface area contributed by atoms with E-state index in [0.29, 0.717) is 11.4 Å². The van der Waals surface area contributed by atoms with Crippen LogP contribution in [0.4, 0.5) is 0 Å². The molecule has 0 aromatic rings. The van der Waals surface area contributed by atoms with E-state index in [1.807, 2.05) is 20.8 Å². The second-order valence-corrected chi connectivity index (χ2v) is 5.95. The highest BCUT2D eigenvalue weighted by Crippen LogP contribution is 2.30. The molecule has 1 aliphatic rings. The predicted octanol–water partition coefficient (Wildman–Crippen LogP) is 1.40. The molecule has 1 N–H and O–H groups in total. The van der Waals surface area contributed by atoms with Gasteiger partial charge in [-0.3, -0.25) is 4.79 Å². The number of carboxylic acid groups (broad SMARTS) is 1. The first-order valence-electron chi connectivity index (χ1n) is 6.50. The summed E-state index contributed by atoms with van der Waals surface area (Å²) in [6.07, 6.45) is -0.246. The van der Waals surface area contributed by atoms with Crippen molar-refractivity contribution in [2.24, 2.45) is 11.2 Å². The van der Waals surface area contributed by atoms with E-state index in [1.54, 1.807) is 7.05 Å². The molecule has 0 heterocycles. The van der Waals surface area contributed by atoms with Gasteiger partial charge in [0.2, 0.25) is 5.28 Å². The minimum absolute atomic E-state index is 0.282. The maximum absolute atomic E-state index is 11.8. The summed E-state index contributed by atoms with van der Waals surface area (Å²) in [5.74, 6) is -1.41. The summed E-state index contributed by atoms with van der Waals surface area (Å²) in [6.45, 7) is 5.59. The fourth-order valence-corrected chi connectivity index (χ4v) is 1.93. The lowest BCUT2D eigenvalue weighted by Gasteiger charge is -2.26. The number of carboxylic acids is 1. The van der Waals surface area contributed by atoms with Crippen molar-refractivity contribution in [1.82, 2.24) is 5.01 Å². The van der Waals surface area contributed by atoms with Gasteiger partial charge in [0.15, 0.2) is 6.10 Å². The van der Waals surface area contributed by atoms with Gasteiger partial charge in [-0.2, -0.15) is 0 Å². The SMILES string of the molecule is COC1CC(C(=O)O)CC1O/N=[N+](\[O-])N(C)C(C)(C)C. The second-order valence-electron chi connectivity index (χ2n) is 5.95. The predicted molar refractivity (Wildman–Crippen MR) is 69.6 cm³/mol. The van der Waals surface area contributed by atoms with Crippen LogP contribution in [0.1, 0.15) is 33.6 Å². The van der Waals surface area contributed by atoms with Crippen LogP contribution in [0.15, 0.2) is 5.28 Å². The van der Waals surface area contributed by atoms with E-state index < -0.39 is 23.5 Å². The van der Waals surface area contributed by atoms with E-state index in [0.717, 1.165) is 0 Å². The van der Waals surface area contributed by atoms with Gasteiger partial charge in [-0.1, -0.05) is 0 Å². The van der Waals surface area contributed by atoms with Gasteiger partial charge in [0.1, 0.15) is 0 Å². The summed E-state index contributed by atoms with van der Waals surface area (Å²) in [5.41, 5.74) is -0.394. The number of nitrogens with zero attached hydrogens (tertiary/aromatic N) is 3. The monoisotopic (exact) mass is 289 g/mol. The molecule has 0 aromatic heterocycles. The average molecular weight is 289 g/mol. The first-order valence-corrected chi connectivity index (χ1v) is 6.50. The fraction of sp³-hybridized carbons (Fsp3) is 0.917. The van der Waals surface area contributed by atoms with Crippen LogP contribution in [0.2, 0.25) is 0 Å². The van der Waals surface area contributed by atoms with Crippen molar-refractivity contribution < 1.29 is 24.4 Å². The Balaban J connectivity index is 2.66. The Morgan fingerprint density at radius 2 is 1.95 bits per heavy atom. The van der Waals surface area contributed by atoms with Crippen LogP contribution < -0.4 is 0 Å². The van der Waals surface area contributed by atoms with Gasteiger partial charge in [0.25, 0.3) is 0 Å². The number of aliphatic carboxylic acids is 1. The zero-order chi connectivity index (χ0) is 15.5. The molecule has 20 heavy (non-hydrogen) atoms. The van der Waals surface area contributed by atoms with Crippen LogP contribution in [-0.2, 0) is 14.4 Å². The summed E-state index contributed by atoms with van der Waals surface area (Å²) in [7, 11) is 3.09. The van der Waals surface area contributed by atoms with Crippen LogP contribution in [0.3, 0.4) is 0 Å². The van der Waals surface area contributed by atoms with E-state index in [2.05, 4.69) is 5.28 Å². The molecule has 3 unspecified atom stereocenters. The number of hydrazine groups is 1. The summed E-state index contributed by atoms with van der Waals surface area (Å²) < 4.78 is 5.18. The third-order valence-electron chi connectivity index (χ3n) is 3.58. The van der Waals surface area contributed by atoms with Gasteiger partial charge in [-0.15, -0.1) is 5.01 Å². The number of ether oxygens (including phenoxy) is 1. The van der Waals surface area contributed by atoms with Crippen molar-refractivity contribution in [1.29, 1.82) is 0 Å². The molecule has 8 nitrogen and oxygen atoms in total. The number of methoxy groups -OCH3 is 1. The first kappa shape index (κ1) is 16.5. The Hall–Kier alpha value is -1.57. The lowest BCUT2D eigenvalue weighted by Crippen LogP contribution is -2.42. The van der Waals surface area contributed by atoms with Gasteiger partial charge in [-0.05, 0) is 27.2 Å². The molecule has 0 amide bonds. The van der Waals surface area contributed by atoms with Crippen LogP contribution >= 0.6 is 0 Å². The molecule has 116 valence electrons. The molecule has 0 bridgehead atoms. The van der Waals surface area contributed by atoms with Gasteiger partial charge in [0, 0.05) is 13.5 Å². The quantitative estimate of drug-likeness (QED) is 0.467. The zero-order valence-electron chi connectivity index (χ0n) is 12.6. The molecule has 0 spiro atoms. The number of rotatable bonds is 5. The van der Waals surface area contributed by atoms with E-state index in [4.69, 9.17) is 14.7 Å². The minimum atomic E-state index is -0.885. The summed E-state index contributed by atoms with van der Waals surface area (Å²) in [5, 5.41) is 25.6. The van der Waals surface area contributed by atoms with E-state index in [9.17, 15) is 10.0 Å². The Bertz CT molecular complexity index is 380. The van der Waals surface area contributed by atoms with Crippen LogP contribution in [-0.4, -0.2) is 53.0 Å². The topological polar surface area (TPSA) is 97.4 Å². The number of hydrogen-bond donors (Lipinski definition) is 1. The highest BCUT2D eigenvalue weighted by molar-refractivity contribution is 5.70. The average Bonchev–Trinajstić information content (AvgIpc) is 2.77. The Labute approximate surface area is 118 Å². The highest BCUT2D eigenvalue weighted by atomic mass is 16.7. The Morgan fingerprint density at radius 1 is 1.40 bits per heavy atom. The van der Waals surface area contributed by atoms with Crippen molar-refractivity contribution in [2.45, 2.75) is 51.4 Å². The van der Waals surface area contributed by atoms with Gasteiger partial charge >= 0.3 is 5.97 Å². The largest absolute Gasteiger partial charge is 0.569 e. The first-order chi connectivity index (χ1) is 9.16. The third-order valence-corrected chi connectivity index (χ3v) is 3.58. The molecule has 0 aromatic carbocycles. The molecule has 1 fully saturated rings. The lowest BCUT2D eigenvalue weighted by atomic mass is 10.1. The molecule has 0 aliphatic heterocycles. The fourth-order valence-electron chi connectivity index (χ4n) is 1.93. The molecule has 1 saturated carbocycles. The Kier molecular flexibility index (Phi) is 5.15. The smallest absolute Gasteiger partial charge is 0.306 e. The Morgan fingerprint density at radius 3 is 2.40 bits per heavy atom. The molecule has 3 atom stereocenters. The number of hydrogen-bond acceptors (Lipinski definition) is 5. The molecular formula is C12H23N3O5. The molecule has 0 saturated heterocycles. The van der Waals surface area contributed by atoms with Crippen molar-refractivity contribution in [2.75, 3.05) is 14.2 Å². The highest BCUT2D eigenvalue weighted by Gasteiger charge is 2.40. The van der Waals surface area contributed by atoms with Gasteiger partial charge in [-0.25, -0.2) is 0 Å². The zero-order valence-corrected chi connectivity index (χ0v) is 12.6. The van der Waals surface area contributed by atoms with Gasteiger partial charge in [0.05, 0.1) is 29.6 Å². The number of carbonyl (C=O) groups is 1. The maximum Gasteiger partial charge on any atom is 0.306 e. The summed E-state index contributed by atoms with van der Waals surface area (Å²) in [6, 6.07) is 0. The van der Waals surface area contributed by atoms with Gasteiger partial charge < -0.3 is 19.9 Å². The third kappa shape index (κ3) is 3.96. The van der Waals surface area contributed by atoms with Crippen LogP contribution in [0.5, 0.6) is 0 Å². The molecule has 1 aliphatic carbocycles. The van der Waals surface area contributed by atoms with Crippen LogP contribution in [0.25, 0.3) is 0 Å². The second kappa shape index (κ2) is 6.25.